The minimum Gasteiger partial charge on any atom is -0.206 e. The van der Waals surface area contributed by atoms with Crippen molar-refractivity contribution in [2.24, 2.45) is 7.05 Å². The van der Waals surface area contributed by atoms with Gasteiger partial charge in [0.05, 0.1) is 0 Å². The zero-order chi connectivity index (χ0) is 7.56. The highest BCUT2D eigenvalue weighted by molar-refractivity contribution is 5.25. The maximum absolute atomic E-state index is 8.52. The Balaban J connectivity index is 3.22. The van der Waals surface area contributed by atoms with Gasteiger partial charge in [0.15, 0.2) is 12.4 Å². The summed E-state index contributed by atoms with van der Waals surface area (Å²) < 4.78 is 1.88. The number of hydrogen-bond acceptors (Lipinski definition) is 1. The Kier molecular flexibility index (Phi) is 1.68. The number of aryl methyl sites for hydroxylation is 2. The molecular weight excluding hydrogens is 124 g/mol. The second-order valence-electron chi connectivity index (χ2n) is 2.38. The topological polar surface area (TPSA) is 27.7 Å². The molecule has 1 aromatic rings. The van der Waals surface area contributed by atoms with E-state index in [1.54, 1.807) is 6.20 Å². The van der Waals surface area contributed by atoms with Crippen LogP contribution < -0.4 is 4.57 Å². The molecule has 0 spiro atoms. The van der Waals surface area contributed by atoms with Crippen LogP contribution in [0.5, 0.6) is 0 Å². The molecular formula is C8H9N2+. The molecule has 10 heavy (non-hydrogen) atoms. The summed E-state index contributed by atoms with van der Waals surface area (Å²) >= 11 is 0. The van der Waals surface area contributed by atoms with E-state index in [1.165, 1.54) is 0 Å². The van der Waals surface area contributed by atoms with Crippen LogP contribution in [-0.2, 0) is 7.05 Å². The first-order valence-corrected chi connectivity index (χ1v) is 3.09. The van der Waals surface area contributed by atoms with Gasteiger partial charge in [-0.3, -0.25) is 0 Å². The average Bonchev–Trinajstić information content (AvgIpc) is 1.85. The lowest BCUT2D eigenvalue weighted by Crippen LogP contribution is -2.27. The van der Waals surface area contributed by atoms with Gasteiger partial charge in [-0.05, 0) is 13.0 Å². The summed E-state index contributed by atoms with van der Waals surface area (Å²) in [5, 5.41) is 8.52. The number of aromatic nitrogens is 1. The van der Waals surface area contributed by atoms with Crippen molar-refractivity contribution >= 4 is 0 Å². The molecule has 0 atom stereocenters. The maximum atomic E-state index is 8.52. The lowest BCUT2D eigenvalue weighted by molar-refractivity contribution is -0.672. The first-order valence-electron chi connectivity index (χ1n) is 3.09. The number of hydrogen-bond donors (Lipinski definition) is 0. The molecule has 0 aliphatic heterocycles. The van der Waals surface area contributed by atoms with Crippen LogP contribution in [0.1, 0.15) is 11.1 Å². The van der Waals surface area contributed by atoms with Crippen LogP contribution in [0.15, 0.2) is 18.5 Å². The summed E-state index contributed by atoms with van der Waals surface area (Å²) in [6.07, 6.45) is 3.77. The molecule has 0 amide bonds. The van der Waals surface area contributed by atoms with Gasteiger partial charge >= 0.3 is 0 Å². The zero-order valence-electron chi connectivity index (χ0n) is 6.13. The molecule has 2 nitrogen and oxygen atoms in total. The molecule has 0 bridgehead atoms. The van der Waals surface area contributed by atoms with Gasteiger partial charge in [0.25, 0.3) is 0 Å². The fourth-order valence-corrected chi connectivity index (χ4v) is 0.959. The predicted octanol–water partition coefficient (Wildman–Crippen LogP) is 0.691. The third kappa shape index (κ3) is 1.32. The van der Waals surface area contributed by atoms with E-state index in [0.29, 0.717) is 5.56 Å². The van der Waals surface area contributed by atoms with Crippen molar-refractivity contribution in [3.8, 4) is 6.07 Å². The Hall–Kier alpha value is -1.36. The van der Waals surface area contributed by atoms with Crippen LogP contribution in [0, 0.1) is 18.3 Å². The summed E-state index contributed by atoms with van der Waals surface area (Å²) in [6.45, 7) is 1.97. The van der Waals surface area contributed by atoms with Crippen molar-refractivity contribution in [3.63, 3.8) is 0 Å². The number of nitriles is 1. The van der Waals surface area contributed by atoms with Crippen LogP contribution in [0.25, 0.3) is 0 Å². The number of nitrogens with zero attached hydrogens (tertiary/aromatic N) is 2. The highest BCUT2D eigenvalue weighted by Crippen LogP contribution is 1.96. The molecule has 0 aromatic carbocycles. The number of pyridine rings is 1. The van der Waals surface area contributed by atoms with Crippen LogP contribution in [0.3, 0.4) is 0 Å². The standard InChI is InChI=1S/C8H9N2/c1-7-3-8(4-9)6-10(2)5-7/h3,5-6H,1-2H3/q+1. The largest absolute Gasteiger partial charge is 0.206 e. The van der Waals surface area contributed by atoms with E-state index >= 15 is 0 Å². The highest BCUT2D eigenvalue weighted by Gasteiger charge is 1.97. The Labute approximate surface area is 60.3 Å². The molecule has 0 unspecified atom stereocenters. The van der Waals surface area contributed by atoms with E-state index in [2.05, 4.69) is 6.07 Å². The van der Waals surface area contributed by atoms with Crippen LogP contribution >= 0.6 is 0 Å². The zero-order valence-corrected chi connectivity index (χ0v) is 6.13. The molecule has 0 saturated heterocycles. The summed E-state index contributed by atoms with van der Waals surface area (Å²) in [5.41, 5.74) is 1.82. The second-order valence-corrected chi connectivity index (χ2v) is 2.38. The highest BCUT2D eigenvalue weighted by atomic mass is 14.9. The first-order chi connectivity index (χ1) is 4.72. The van der Waals surface area contributed by atoms with Crippen molar-refractivity contribution in [1.29, 1.82) is 5.26 Å². The summed E-state index contributed by atoms with van der Waals surface area (Å²) in [4.78, 5) is 0. The monoisotopic (exact) mass is 133 g/mol. The molecule has 1 rings (SSSR count). The molecule has 0 saturated carbocycles. The fourth-order valence-electron chi connectivity index (χ4n) is 0.959. The molecule has 0 N–H and O–H groups in total. The summed E-state index contributed by atoms with van der Waals surface area (Å²) in [6, 6.07) is 3.95. The Morgan fingerprint density at radius 2 is 2.20 bits per heavy atom. The van der Waals surface area contributed by atoms with Gasteiger partial charge in [0.2, 0.25) is 0 Å². The normalized spacial score (nSPS) is 8.90. The van der Waals surface area contributed by atoms with E-state index in [4.69, 9.17) is 5.26 Å². The molecule has 0 aliphatic carbocycles. The van der Waals surface area contributed by atoms with Crippen molar-refractivity contribution < 1.29 is 4.57 Å². The van der Waals surface area contributed by atoms with Gasteiger partial charge in [0.1, 0.15) is 18.7 Å². The third-order valence-electron chi connectivity index (χ3n) is 1.26. The van der Waals surface area contributed by atoms with Gasteiger partial charge in [0, 0.05) is 5.56 Å². The van der Waals surface area contributed by atoms with Crippen LogP contribution in [0.4, 0.5) is 0 Å². The molecule has 0 radical (unpaired) electrons. The van der Waals surface area contributed by atoms with Gasteiger partial charge in [-0.15, -0.1) is 0 Å². The maximum Gasteiger partial charge on any atom is 0.186 e. The van der Waals surface area contributed by atoms with Crippen molar-refractivity contribution in [2.45, 2.75) is 6.92 Å². The fraction of sp³-hybridized carbons (Fsp3) is 0.250. The number of rotatable bonds is 0. The average molecular weight is 133 g/mol. The Morgan fingerprint density at radius 3 is 2.70 bits per heavy atom. The molecule has 1 heterocycles. The third-order valence-corrected chi connectivity index (χ3v) is 1.26. The van der Waals surface area contributed by atoms with Gasteiger partial charge in [-0.25, -0.2) is 4.57 Å². The SMILES string of the molecule is Cc1cc(C#N)c[n+](C)c1. The molecule has 2 heteroatoms. The lowest BCUT2D eigenvalue weighted by Gasteiger charge is -1.89. The first kappa shape index (κ1) is 6.76. The van der Waals surface area contributed by atoms with Crippen LogP contribution in [-0.4, -0.2) is 0 Å². The predicted molar refractivity (Wildman–Crippen MR) is 37.1 cm³/mol. The minimum absolute atomic E-state index is 0.711. The smallest absolute Gasteiger partial charge is 0.186 e. The lowest BCUT2D eigenvalue weighted by atomic mass is 10.2. The van der Waals surface area contributed by atoms with Gasteiger partial charge in [-0.1, -0.05) is 0 Å². The van der Waals surface area contributed by atoms with Crippen molar-refractivity contribution in [2.75, 3.05) is 0 Å². The second kappa shape index (κ2) is 2.49. The molecule has 1 aromatic heterocycles. The molecule has 50 valence electrons. The van der Waals surface area contributed by atoms with Crippen molar-refractivity contribution in [3.05, 3.63) is 29.6 Å². The van der Waals surface area contributed by atoms with E-state index < -0.39 is 0 Å². The Morgan fingerprint density at radius 1 is 1.50 bits per heavy atom. The van der Waals surface area contributed by atoms with E-state index in [9.17, 15) is 0 Å². The van der Waals surface area contributed by atoms with Gasteiger partial charge < -0.3 is 0 Å². The Bertz CT molecular complexity index is 264. The van der Waals surface area contributed by atoms with Gasteiger partial charge in [-0.2, -0.15) is 5.26 Å². The van der Waals surface area contributed by atoms with E-state index in [-0.39, 0.29) is 0 Å². The molecule has 0 aliphatic rings. The molecule has 0 fully saturated rings. The summed E-state index contributed by atoms with van der Waals surface area (Å²) in [7, 11) is 1.91. The van der Waals surface area contributed by atoms with Crippen LogP contribution in [0.2, 0.25) is 0 Å². The van der Waals surface area contributed by atoms with E-state index in [0.717, 1.165) is 5.56 Å². The summed E-state index contributed by atoms with van der Waals surface area (Å²) in [5.74, 6) is 0. The van der Waals surface area contributed by atoms with E-state index in [1.807, 2.05) is 30.8 Å². The van der Waals surface area contributed by atoms with Crippen molar-refractivity contribution in [1.82, 2.24) is 0 Å². The minimum atomic E-state index is 0.711. The quantitative estimate of drug-likeness (QED) is 0.478.